The van der Waals surface area contributed by atoms with Gasteiger partial charge in [0.05, 0.1) is 18.1 Å². The van der Waals surface area contributed by atoms with Gasteiger partial charge in [-0.1, -0.05) is 23.2 Å². The van der Waals surface area contributed by atoms with Crippen LogP contribution in [-0.2, 0) is 13.5 Å². The summed E-state index contributed by atoms with van der Waals surface area (Å²) in [6, 6.07) is 5.30. The summed E-state index contributed by atoms with van der Waals surface area (Å²) in [6.45, 7) is 0. The van der Waals surface area contributed by atoms with E-state index >= 15 is 0 Å². The Labute approximate surface area is 116 Å². The smallest absolute Gasteiger partial charge is 0.0947 e. The third-order valence-corrected chi connectivity index (χ3v) is 3.32. The molecule has 0 bridgehead atoms. The fraction of sp³-hybridized carbons (Fsp3) is 0.250. The summed E-state index contributed by atoms with van der Waals surface area (Å²) in [6.07, 6.45) is 4.29. The first-order valence-corrected chi connectivity index (χ1v) is 6.23. The van der Waals surface area contributed by atoms with E-state index in [0.717, 1.165) is 11.3 Å². The van der Waals surface area contributed by atoms with E-state index in [1.165, 1.54) is 0 Å². The second-order valence-corrected chi connectivity index (χ2v) is 4.97. The molecule has 2 rings (SSSR count). The van der Waals surface area contributed by atoms with Crippen molar-refractivity contribution in [3.8, 4) is 0 Å². The SMILES string of the molecule is Cn1cnc(C(Cc2cc(Cl)ccc2Cl)NN)c1. The molecule has 1 aromatic carbocycles. The Morgan fingerprint density at radius 2 is 2.22 bits per heavy atom. The fourth-order valence-corrected chi connectivity index (χ4v) is 2.17. The van der Waals surface area contributed by atoms with Crippen molar-refractivity contribution in [2.24, 2.45) is 12.9 Å². The lowest BCUT2D eigenvalue weighted by molar-refractivity contribution is 0.540. The quantitative estimate of drug-likeness (QED) is 0.670. The lowest BCUT2D eigenvalue weighted by Crippen LogP contribution is -2.30. The van der Waals surface area contributed by atoms with Gasteiger partial charge < -0.3 is 4.57 Å². The van der Waals surface area contributed by atoms with E-state index in [2.05, 4.69) is 10.4 Å². The standard InChI is InChI=1S/C12H14Cl2N4/c1-18-6-12(16-7-18)11(17-15)5-8-4-9(13)2-3-10(8)14/h2-4,6-7,11,17H,5,15H2,1H3. The summed E-state index contributed by atoms with van der Waals surface area (Å²) in [4.78, 5) is 4.28. The number of aryl methyl sites for hydroxylation is 1. The Morgan fingerprint density at radius 3 is 2.83 bits per heavy atom. The molecule has 0 radical (unpaired) electrons. The number of aromatic nitrogens is 2. The van der Waals surface area contributed by atoms with Gasteiger partial charge in [-0.05, 0) is 30.2 Å². The molecule has 96 valence electrons. The van der Waals surface area contributed by atoms with E-state index in [4.69, 9.17) is 29.0 Å². The molecule has 18 heavy (non-hydrogen) atoms. The van der Waals surface area contributed by atoms with Crippen LogP contribution in [0.2, 0.25) is 10.0 Å². The average molecular weight is 285 g/mol. The number of benzene rings is 1. The minimum Gasteiger partial charge on any atom is -0.340 e. The number of imidazole rings is 1. The maximum Gasteiger partial charge on any atom is 0.0947 e. The third kappa shape index (κ3) is 3.03. The largest absolute Gasteiger partial charge is 0.340 e. The molecule has 4 nitrogen and oxygen atoms in total. The first-order valence-electron chi connectivity index (χ1n) is 5.48. The van der Waals surface area contributed by atoms with Crippen LogP contribution in [0.5, 0.6) is 0 Å². The van der Waals surface area contributed by atoms with Crippen molar-refractivity contribution >= 4 is 23.2 Å². The van der Waals surface area contributed by atoms with E-state index in [1.807, 2.05) is 23.9 Å². The molecule has 0 saturated heterocycles. The van der Waals surface area contributed by atoms with Gasteiger partial charge in [-0.25, -0.2) is 4.98 Å². The number of rotatable bonds is 4. The molecule has 0 aliphatic heterocycles. The van der Waals surface area contributed by atoms with Gasteiger partial charge in [0.1, 0.15) is 0 Å². The summed E-state index contributed by atoms with van der Waals surface area (Å²) in [5, 5.41) is 1.33. The van der Waals surface area contributed by atoms with Gasteiger partial charge >= 0.3 is 0 Å². The highest BCUT2D eigenvalue weighted by atomic mass is 35.5. The zero-order chi connectivity index (χ0) is 13.1. The van der Waals surface area contributed by atoms with Gasteiger partial charge in [0.2, 0.25) is 0 Å². The van der Waals surface area contributed by atoms with E-state index < -0.39 is 0 Å². The molecule has 0 spiro atoms. The summed E-state index contributed by atoms with van der Waals surface area (Å²) < 4.78 is 1.87. The number of hydrogen-bond donors (Lipinski definition) is 2. The second-order valence-electron chi connectivity index (χ2n) is 4.12. The van der Waals surface area contributed by atoms with Gasteiger partial charge in [-0.3, -0.25) is 11.3 Å². The van der Waals surface area contributed by atoms with Crippen LogP contribution in [0.1, 0.15) is 17.3 Å². The van der Waals surface area contributed by atoms with Crippen LogP contribution in [0.25, 0.3) is 0 Å². The molecular weight excluding hydrogens is 271 g/mol. The monoisotopic (exact) mass is 284 g/mol. The van der Waals surface area contributed by atoms with Crippen LogP contribution < -0.4 is 11.3 Å². The molecule has 1 aromatic heterocycles. The molecule has 1 heterocycles. The van der Waals surface area contributed by atoms with Crippen molar-refractivity contribution in [3.63, 3.8) is 0 Å². The second kappa shape index (κ2) is 5.71. The van der Waals surface area contributed by atoms with Crippen LogP contribution in [0, 0.1) is 0 Å². The van der Waals surface area contributed by atoms with Crippen molar-refractivity contribution in [2.45, 2.75) is 12.5 Å². The summed E-state index contributed by atoms with van der Waals surface area (Å²) in [7, 11) is 1.91. The number of nitrogens with two attached hydrogens (primary N) is 1. The number of halogens is 2. The van der Waals surface area contributed by atoms with Crippen molar-refractivity contribution in [2.75, 3.05) is 0 Å². The van der Waals surface area contributed by atoms with Gasteiger partial charge in [0, 0.05) is 23.3 Å². The highest BCUT2D eigenvalue weighted by molar-refractivity contribution is 6.33. The molecule has 0 saturated carbocycles. The molecule has 3 N–H and O–H groups in total. The molecular formula is C12H14Cl2N4. The Balaban J connectivity index is 2.22. The van der Waals surface area contributed by atoms with Gasteiger partial charge in [-0.2, -0.15) is 0 Å². The number of hydrogen-bond acceptors (Lipinski definition) is 3. The van der Waals surface area contributed by atoms with Crippen molar-refractivity contribution in [3.05, 3.63) is 52.0 Å². The highest BCUT2D eigenvalue weighted by Crippen LogP contribution is 2.25. The van der Waals surface area contributed by atoms with E-state index in [1.54, 1.807) is 18.5 Å². The molecule has 2 aromatic rings. The molecule has 0 aliphatic rings. The Morgan fingerprint density at radius 1 is 1.44 bits per heavy atom. The third-order valence-electron chi connectivity index (χ3n) is 2.71. The van der Waals surface area contributed by atoms with E-state index in [0.29, 0.717) is 16.5 Å². The molecule has 0 amide bonds. The van der Waals surface area contributed by atoms with Crippen LogP contribution >= 0.6 is 23.2 Å². The summed E-state index contributed by atoms with van der Waals surface area (Å²) >= 11 is 12.1. The average Bonchev–Trinajstić information content (AvgIpc) is 2.77. The molecule has 6 heteroatoms. The predicted molar refractivity (Wildman–Crippen MR) is 73.4 cm³/mol. The lowest BCUT2D eigenvalue weighted by atomic mass is 10.0. The van der Waals surface area contributed by atoms with Crippen LogP contribution in [0.4, 0.5) is 0 Å². The van der Waals surface area contributed by atoms with Crippen molar-refractivity contribution < 1.29 is 0 Å². The van der Waals surface area contributed by atoms with Crippen molar-refractivity contribution in [1.82, 2.24) is 15.0 Å². The van der Waals surface area contributed by atoms with Gasteiger partial charge in [-0.15, -0.1) is 0 Å². The normalized spacial score (nSPS) is 12.7. The first kappa shape index (κ1) is 13.4. The van der Waals surface area contributed by atoms with E-state index in [-0.39, 0.29) is 6.04 Å². The van der Waals surface area contributed by atoms with Crippen LogP contribution in [0.15, 0.2) is 30.7 Å². The number of hydrazine groups is 1. The Hall–Kier alpha value is -1.07. The highest BCUT2D eigenvalue weighted by Gasteiger charge is 2.15. The maximum absolute atomic E-state index is 6.14. The minimum absolute atomic E-state index is 0.0952. The van der Waals surface area contributed by atoms with Crippen LogP contribution in [-0.4, -0.2) is 9.55 Å². The fourth-order valence-electron chi connectivity index (χ4n) is 1.78. The molecule has 0 fully saturated rings. The first-order chi connectivity index (χ1) is 8.60. The molecule has 1 atom stereocenters. The van der Waals surface area contributed by atoms with E-state index in [9.17, 15) is 0 Å². The Bertz CT molecular complexity index is 539. The van der Waals surface area contributed by atoms with Gasteiger partial charge in [0.25, 0.3) is 0 Å². The zero-order valence-corrected chi connectivity index (χ0v) is 11.4. The summed E-state index contributed by atoms with van der Waals surface area (Å²) in [5.74, 6) is 5.57. The predicted octanol–water partition coefficient (Wildman–Crippen LogP) is 2.47. The molecule has 1 unspecified atom stereocenters. The number of nitrogens with zero attached hydrogens (tertiary/aromatic N) is 2. The van der Waals surface area contributed by atoms with Gasteiger partial charge in [0.15, 0.2) is 0 Å². The lowest BCUT2D eigenvalue weighted by Gasteiger charge is -2.14. The molecule has 0 aliphatic carbocycles. The van der Waals surface area contributed by atoms with Crippen molar-refractivity contribution in [1.29, 1.82) is 0 Å². The van der Waals surface area contributed by atoms with Crippen LogP contribution in [0.3, 0.4) is 0 Å². The Kier molecular flexibility index (Phi) is 4.24. The minimum atomic E-state index is -0.0952. The number of nitrogens with one attached hydrogen (secondary N) is 1. The summed E-state index contributed by atoms with van der Waals surface area (Å²) in [5.41, 5.74) is 4.56. The maximum atomic E-state index is 6.14. The topological polar surface area (TPSA) is 55.9 Å². The zero-order valence-electron chi connectivity index (χ0n) is 9.90.